The molecule has 0 aliphatic rings. The Labute approximate surface area is 86.0 Å². The first-order chi connectivity index (χ1) is 5.08. The summed E-state index contributed by atoms with van der Waals surface area (Å²) >= 11 is 0. The van der Waals surface area contributed by atoms with Crippen LogP contribution < -0.4 is 0 Å². The molecule has 0 unspecified atom stereocenters. The molecule has 0 rings (SSSR count). The zero-order valence-corrected chi connectivity index (χ0v) is 10.8. The second kappa shape index (κ2) is 13.2. The van der Waals surface area contributed by atoms with Gasteiger partial charge in [-0.1, -0.05) is 6.42 Å². The van der Waals surface area contributed by atoms with Crippen molar-refractivity contribution >= 4 is 12.4 Å². The van der Waals surface area contributed by atoms with Gasteiger partial charge < -0.3 is 21.4 Å². The second-order valence-electron chi connectivity index (χ2n) is 1.81. The first-order valence-corrected chi connectivity index (χ1v) is 2.99. The number of nitrogens with zero attached hydrogens (tertiary/aromatic N) is 1. The normalized spacial score (nSPS) is 6.67. The minimum Gasteiger partial charge on any atom is -0.522 e. The van der Waals surface area contributed by atoms with Crippen LogP contribution in [0.2, 0.25) is 0 Å². The van der Waals surface area contributed by atoms with E-state index in [1.807, 2.05) is 0 Å². The molecule has 4 nitrogen and oxygen atoms in total. The molecule has 0 fully saturated rings. The molecule has 66 valence electrons. The maximum absolute atomic E-state index is 9.90. The van der Waals surface area contributed by atoms with E-state index in [1.165, 1.54) is 12.0 Å². The topological polar surface area (TPSA) is 46.6 Å². The van der Waals surface area contributed by atoms with Crippen molar-refractivity contribution in [2.75, 3.05) is 21.2 Å². The molecule has 0 saturated carbocycles. The minimum atomic E-state index is -0.269. The summed E-state index contributed by atoms with van der Waals surface area (Å²) in [5, 5.41) is 0. The quantitative estimate of drug-likeness (QED) is 0.287. The molecule has 5 heteroatoms. The van der Waals surface area contributed by atoms with Crippen molar-refractivity contribution in [3.63, 3.8) is 0 Å². The third kappa shape index (κ3) is 22.7. The average Bonchev–Trinajstić information content (AvgIpc) is 2.04. The molecular formula is C7H13NO3Zn. The summed E-state index contributed by atoms with van der Waals surface area (Å²) in [6.45, 7) is 3.28. The number of amides is 1. The maximum atomic E-state index is 9.90. The number of esters is 1. The van der Waals surface area contributed by atoms with Crippen LogP contribution in [0.1, 0.15) is 6.42 Å². The maximum Gasteiger partial charge on any atom is 2.00 e. The van der Waals surface area contributed by atoms with Gasteiger partial charge in [0.1, 0.15) is 0 Å². The first kappa shape index (κ1) is 17.6. The van der Waals surface area contributed by atoms with E-state index in [4.69, 9.17) is 0 Å². The van der Waals surface area contributed by atoms with E-state index in [2.05, 4.69) is 11.7 Å². The molecule has 0 saturated heterocycles. The van der Waals surface area contributed by atoms with Crippen LogP contribution in [-0.2, 0) is 33.8 Å². The number of rotatable bonds is 2. The van der Waals surface area contributed by atoms with Gasteiger partial charge in [0.2, 0.25) is 0 Å². The van der Waals surface area contributed by atoms with Crippen LogP contribution in [0.3, 0.4) is 0 Å². The van der Waals surface area contributed by atoms with Crippen LogP contribution in [0.25, 0.3) is 0 Å². The molecule has 0 bridgehead atoms. The van der Waals surface area contributed by atoms with Gasteiger partial charge in [-0.3, -0.25) is 4.79 Å². The summed E-state index contributed by atoms with van der Waals surface area (Å²) in [4.78, 5) is 20.5. The molecule has 0 aromatic heterocycles. The fourth-order valence-electron chi connectivity index (χ4n) is 0.102. The molecule has 0 aromatic carbocycles. The molecule has 0 atom stereocenters. The molecule has 0 heterocycles. The molecule has 0 N–H and O–H groups in total. The summed E-state index contributed by atoms with van der Waals surface area (Å²) in [5.74, 6) is -0.269. The van der Waals surface area contributed by atoms with Crippen LogP contribution in [-0.4, -0.2) is 38.5 Å². The zero-order chi connectivity index (χ0) is 9.28. The average molecular weight is 225 g/mol. The van der Waals surface area contributed by atoms with Gasteiger partial charge in [-0.25, -0.2) is 0 Å². The first-order valence-electron chi connectivity index (χ1n) is 2.99. The van der Waals surface area contributed by atoms with Gasteiger partial charge >= 0.3 is 19.5 Å². The van der Waals surface area contributed by atoms with E-state index < -0.39 is 0 Å². The number of ether oxygens (including phenoxy) is 1. The smallest absolute Gasteiger partial charge is 0.522 e. The number of methoxy groups -OCH3 is 1. The van der Waals surface area contributed by atoms with E-state index in [9.17, 15) is 9.59 Å². The largest absolute Gasteiger partial charge is 2.00 e. The van der Waals surface area contributed by atoms with Crippen LogP contribution in [0.5, 0.6) is 0 Å². The van der Waals surface area contributed by atoms with Crippen LogP contribution in [0.4, 0.5) is 0 Å². The molecule has 0 aliphatic heterocycles. The van der Waals surface area contributed by atoms with Gasteiger partial charge in [-0.05, 0) is 14.1 Å². The summed E-state index contributed by atoms with van der Waals surface area (Å²) in [5.41, 5.74) is 0. The van der Waals surface area contributed by atoms with Gasteiger partial charge in [-0.2, -0.15) is 6.41 Å². The molecule has 0 aromatic rings. The monoisotopic (exact) mass is 223 g/mol. The number of hydrogen-bond donors (Lipinski definition) is 0. The fourth-order valence-corrected chi connectivity index (χ4v) is 0.102. The zero-order valence-electron chi connectivity index (χ0n) is 7.79. The summed E-state index contributed by atoms with van der Waals surface area (Å²) < 4.78 is 4.20. The van der Waals surface area contributed by atoms with Crippen LogP contribution in [0, 0.1) is 6.92 Å². The summed E-state index contributed by atoms with van der Waals surface area (Å²) in [7, 11) is 4.60. The number of carbonyl (C=O) groups excluding carboxylic acids is 2. The molecular weight excluding hydrogens is 211 g/mol. The Morgan fingerprint density at radius 1 is 1.58 bits per heavy atom. The summed E-state index contributed by atoms with van der Waals surface area (Å²) in [6.07, 6.45) is 1.83. The number of hydrogen-bond acceptors (Lipinski definition) is 3. The van der Waals surface area contributed by atoms with Gasteiger partial charge in [0.05, 0.1) is 7.11 Å². The van der Waals surface area contributed by atoms with Crippen molar-refractivity contribution in [3.8, 4) is 0 Å². The van der Waals surface area contributed by atoms with Crippen molar-refractivity contribution in [2.45, 2.75) is 6.42 Å². The Bertz CT molecular complexity index is 111. The Balaban J connectivity index is -0.000000126. The van der Waals surface area contributed by atoms with Gasteiger partial charge in [0, 0.05) is 0 Å². The SMILES string of the molecule is CN(C)[C-]=O.[CH2-]CC(=O)OC.[Zn+2]. The number of carbonyl (C=O) groups is 1. The van der Waals surface area contributed by atoms with Gasteiger partial charge in [0.25, 0.3) is 5.97 Å². The van der Waals surface area contributed by atoms with Crippen molar-refractivity contribution in [2.24, 2.45) is 0 Å². The van der Waals surface area contributed by atoms with Gasteiger partial charge in [0.15, 0.2) is 0 Å². The van der Waals surface area contributed by atoms with E-state index in [-0.39, 0.29) is 31.9 Å². The van der Waals surface area contributed by atoms with E-state index in [0.29, 0.717) is 0 Å². The van der Waals surface area contributed by atoms with E-state index in [0.717, 1.165) is 0 Å². The minimum absolute atomic E-state index is 0. The Morgan fingerprint density at radius 2 is 1.92 bits per heavy atom. The molecule has 0 aliphatic carbocycles. The Hall–Kier alpha value is -0.437. The van der Waals surface area contributed by atoms with Crippen molar-refractivity contribution in [1.29, 1.82) is 0 Å². The Morgan fingerprint density at radius 3 is 1.92 bits per heavy atom. The second-order valence-corrected chi connectivity index (χ2v) is 1.81. The molecule has 12 heavy (non-hydrogen) atoms. The fraction of sp³-hybridized carbons (Fsp3) is 0.571. The van der Waals surface area contributed by atoms with Crippen LogP contribution in [0.15, 0.2) is 0 Å². The molecule has 0 radical (unpaired) electrons. The Kier molecular flexibility index (Phi) is 19.3. The molecule has 0 spiro atoms. The predicted octanol–water partition coefficient (Wildman–Crippen LogP) is -0.00371. The van der Waals surface area contributed by atoms with Crippen LogP contribution >= 0.6 is 0 Å². The molecule has 1 amide bonds. The standard InChI is InChI=1S/C4H7O2.C3H6NO.Zn/c1-3-4(5)6-2;1-4(2)3-5;/h1,3H2,2H3;1-2H3;/q2*-1;+2. The van der Waals surface area contributed by atoms with Crippen molar-refractivity contribution in [3.05, 3.63) is 6.92 Å². The third-order valence-corrected chi connectivity index (χ3v) is 0.614. The van der Waals surface area contributed by atoms with Crippen molar-refractivity contribution in [1.82, 2.24) is 4.90 Å². The summed E-state index contributed by atoms with van der Waals surface area (Å²) in [6, 6.07) is 0. The van der Waals surface area contributed by atoms with Gasteiger partial charge in [-0.15, -0.1) is 0 Å². The van der Waals surface area contributed by atoms with E-state index in [1.54, 1.807) is 20.5 Å². The van der Waals surface area contributed by atoms with Crippen molar-refractivity contribution < 1.29 is 33.8 Å². The predicted molar refractivity (Wildman–Crippen MR) is 41.4 cm³/mol. The van der Waals surface area contributed by atoms with E-state index >= 15 is 0 Å². The third-order valence-electron chi connectivity index (χ3n) is 0.614.